The number of hydrogen-bond acceptors (Lipinski definition) is 4. The lowest BCUT2D eigenvalue weighted by molar-refractivity contribution is 0.0378. The van der Waals surface area contributed by atoms with Crippen LogP contribution in [-0.2, 0) is 4.74 Å². The number of carbonyl (C=O) groups excluding carboxylic acids is 2. The van der Waals surface area contributed by atoms with Crippen LogP contribution in [-0.4, -0.2) is 27.6 Å². The van der Waals surface area contributed by atoms with Gasteiger partial charge in [0.1, 0.15) is 12.1 Å². The van der Waals surface area contributed by atoms with E-state index in [1.54, 1.807) is 44.3 Å². The van der Waals surface area contributed by atoms with E-state index in [1.807, 2.05) is 0 Å². The van der Waals surface area contributed by atoms with Crippen molar-refractivity contribution < 1.29 is 18.7 Å². The zero-order valence-corrected chi connectivity index (χ0v) is 14.9. The van der Waals surface area contributed by atoms with Gasteiger partial charge in [0.15, 0.2) is 0 Å². The summed E-state index contributed by atoms with van der Waals surface area (Å²) in [6.07, 6.45) is 4.35. The van der Waals surface area contributed by atoms with Crippen LogP contribution in [0.2, 0.25) is 0 Å². The Hall–Kier alpha value is -3.48. The number of amides is 1. The molecule has 0 fully saturated rings. The summed E-state index contributed by atoms with van der Waals surface area (Å²) in [7, 11) is 0. The lowest BCUT2D eigenvalue weighted by Crippen LogP contribution is -2.35. The summed E-state index contributed by atoms with van der Waals surface area (Å²) in [5.74, 6) is -1.38. The first-order valence-corrected chi connectivity index (χ1v) is 8.35. The summed E-state index contributed by atoms with van der Waals surface area (Å²) in [6, 6.07) is 11.8. The third-order valence-corrected chi connectivity index (χ3v) is 3.68. The minimum Gasteiger partial charge on any atom is -0.459 e. The second-order valence-electron chi connectivity index (χ2n) is 6.07. The van der Waals surface area contributed by atoms with Crippen molar-refractivity contribution in [3.05, 3.63) is 84.2 Å². The fourth-order valence-corrected chi connectivity index (χ4v) is 2.49. The number of halogens is 1. The van der Waals surface area contributed by atoms with Crippen LogP contribution in [0, 0.1) is 5.82 Å². The molecule has 1 heterocycles. The van der Waals surface area contributed by atoms with Crippen LogP contribution < -0.4 is 5.01 Å². The standard InChI is InChI=1S/C20H18FN3O3/c1-14(2)27-20(26)15-6-8-18(9-7-15)24(23-11-10-22-13-23)19(25)16-4-3-5-17(21)12-16/h3-14H,1-2H3. The Morgan fingerprint density at radius 3 is 2.44 bits per heavy atom. The van der Waals surface area contributed by atoms with Crippen molar-refractivity contribution in [1.29, 1.82) is 0 Å². The Labute approximate surface area is 155 Å². The maximum Gasteiger partial charge on any atom is 0.338 e. The molecule has 1 amide bonds. The lowest BCUT2D eigenvalue weighted by Gasteiger charge is -2.23. The fraction of sp³-hybridized carbons (Fsp3) is 0.150. The van der Waals surface area contributed by atoms with Gasteiger partial charge in [0.2, 0.25) is 0 Å². The molecule has 0 spiro atoms. The van der Waals surface area contributed by atoms with E-state index in [2.05, 4.69) is 4.98 Å². The molecule has 138 valence electrons. The van der Waals surface area contributed by atoms with E-state index >= 15 is 0 Å². The van der Waals surface area contributed by atoms with Gasteiger partial charge in [0, 0.05) is 18.0 Å². The summed E-state index contributed by atoms with van der Waals surface area (Å²) in [4.78, 5) is 28.9. The third-order valence-electron chi connectivity index (χ3n) is 3.68. The van der Waals surface area contributed by atoms with E-state index in [9.17, 15) is 14.0 Å². The van der Waals surface area contributed by atoms with Crippen LogP contribution in [0.4, 0.5) is 10.1 Å². The van der Waals surface area contributed by atoms with Gasteiger partial charge >= 0.3 is 5.97 Å². The highest BCUT2D eigenvalue weighted by Gasteiger charge is 2.20. The van der Waals surface area contributed by atoms with Crippen molar-refractivity contribution in [3.8, 4) is 0 Å². The molecule has 0 aliphatic carbocycles. The molecule has 0 aliphatic heterocycles. The van der Waals surface area contributed by atoms with Gasteiger partial charge in [-0.3, -0.25) is 4.79 Å². The number of imidazole rings is 1. The molecular weight excluding hydrogens is 349 g/mol. The minimum absolute atomic E-state index is 0.187. The van der Waals surface area contributed by atoms with Gasteiger partial charge in [0.05, 0.1) is 17.4 Å². The Morgan fingerprint density at radius 2 is 1.85 bits per heavy atom. The molecule has 1 aromatic heterocycles. The first kappa shape index (κ1) is 18.3. The van der Waals surface area contributed by atoms with E-state index in [4.69, 9.17) is 4.74 Å². The molecule has 0 N–H and O–H groups in total. The fourth-order valence-electron chi connectivity index (χ4n) is 2.49. The highest BCUT2D eigenvalue weighted by atomic mass is 19.1. The topological polar surface area (TPSA) is 64.4 Å². The summed E-state index contributed by atoms with van der Waals surface area (Å²) in [6.45, 7) is 3.54. The molecular formula is C20H18FN3O3. The number of benzene rings is 2. The minimum atomic E-state index is -0.502. The zero-order chi connectivity index (χ0) is 19.4. The van der Waals surface area contributed by atoms with E-state index < -0.39 is 17.7 Å². The normalized spacial score (nSPS) is 10.7. The van der Waals surface area contributed by atoms with Crippen LogP contribution in [0.1, 0.15) is 34.6 Å². The van der Waals surface area contributed by atoms with Crippen LogP contribution in [0.15, 0.2) is 67.3 Å². The average Bonchev–Trinajstić information content (AvgIpc) is 3.16. The highest BCUT2D eigenvalue weighted by Crippen LogP contribution is 2.20. The van der Waals surface area contributed by atoms with Gasteiger partial charge in [-0.1, -0.05) is 6.07 Å². The van der Waals surface area contributed by atoms with E-state index in [0.717, 1.165) is 0 Å². The number of rotatable bonds is 5. The summed E-state index contributed by atoms with van der Waals surface area (Å²) < 4.78 is 20.2. The van der Waals surface area contributed by atoms with Gasteiger partial charge in [-0.05, 0) is 56.3 Å². The monoisotopic (exact) mass is 367 g/mol. The predicted molar refractivity (Wildman–Crippen MR) is 97.8 cm³/mol. The molecule has 0 radical (unpaired) electrons. The number of esters is 1. The lowest BCUT2D eigenvalue weighted by atomic mass is 10.1. The second-order valence-corrected chi connectivity index (χ2v) is 6.07. The molecule has 0 aliphatic rings. The molecule has 6 nitrogen and oxygen atoms in total. The maximum atomic E-state index is 13.5. The predicted octanol–water partition coefficient (Wildman–Crippen LogP) is 3.70. The average molecular weight is 367 g/mol. The Kier molecular flexibility index (Phi) is 5.30. The zero-order valence-electron chi connectivity index (χ0n) is 14.9. The molecule has 3 rings (SSSR count). The Morgan fingerprint density at radius 1 is 1.11 bits per heavy atom. The smallest absolute Gasteiger partial charge is 0.338 e. The number of ether oxygens (including phenoxy) is 1. The summed E-state index contributed by atoms with van der Waals surface area (Å²) >= 11 is 0. The molecule has 27 heavy (non-hydrogen) atoms. The van der Waals surface area contributed by atoms with Gasteiger partial charge in [-0.25, -0.2) is 23.9 Å². The van der Waals surface area contributed by atoms with Crippen molar-refractivity contribution in [2.75, 3.05) is 5.01 Å². The van der Waals surface area contributed by atoms with Crippen LogP contribution >= 0.6 is 0 Å². The van der Waals surface area contributed by atoms with E-state index in [1.165, 1.54) is 46.5 Å². The molecule has 0 saturated heterocycles. The molecule has 0 bridgehead atoms. The number of aromatic nitrogens is 2. The van der Waals surface area contributed by atoms with E-state index in [-0.39, 0.29) is 11.7 Å². The Balaban J connectivity index is 1.95. The van der Waals surface area contributed by atoms with Gasteiger partial charge in [0.25, 0.3) is 5.91 Å². The Bertz CT molecular complexity index is 937. The van der Waals surface area contributed by atoms with Crippen molar-refractivity contribution >= 4 is 17.6 Å². The number of hydrogen-bond donors (Lipinski definition) is 0. The molecule has 0 saturated carbocycles. The SMILES string of the molecule is CC(C)OC(=O)c1ccc(N(C(=O)c2cccc(F)c2)n2ccnc2)cc1. The maximum absolute atomic E-state index is 13.5. The highest BCUT2D eigenvalue weighted by molar-refractivity contribution is 6.06. The van der Waals surface area contributed by atoms with Gasteiger partial charge in [-0.15, -0.1) is 0 Å². The van der Waals surface area contributed by atoms with Crippen LogP contribution in [0.5, 0.6) is 0 Å². The molecule has 0 unspecified atom stereocenters. The summed E-state index contributed by atoms with van der Waals surface area (Å²) in [5.41, 5.74) is 1.05. The molecule has 7 heteroatoms. The van der Waals surface area contributed by atoms with Crippen molar-refractivity contribution in [1.82, 2.24) is 9.66 Å². The largest absolute Gasteiger partial charge is 0.459 e. The summed E-state index contributed by atoms with van der Waals surface area (Å²) in [5, 5.41) is 1.33. The molecule has 2 aromatic carbocycles. The molecule has 0 atom stereocenters. The van der Waals surface area contributed by atoms with Crippen LogP contribution in [0.3, 0.4) is 0 Å². The van der Waals surface area contributed by atoms with Crippen LogP contribution in [0.25, 0.3) is 0 Å². The van der Waals surface area contributed by atoms with Crippen molar-refractivity contribution in [3.63, 3.8) is 0 Å². The first-order chi connectivity index (χ1) is 13.0. The quantitative estimate of drug-likeness (QED) is 0.645. The number of nitrogens with zero attached hydrogens (tertiary/aromatic N) is 3. The van der Waals surface area contributed by atoms with Gasteiger partial charge in [-0.2, -0.15) is 0 Å². The number of anilines is 1. The van der Waals surface area contributed by atoms with Crippen molar-refractivity contribution in [2.24, 2.45) is 0 Å². The third kappa shape index (κ3) is 4.20. The van der Waals surface area contributed by atoms with E-state index in [0.29, 0.717) is 11.3 Å². The second kappa shape index (κ2) is 7.82. The number of carbonyl (C=O) groups is 2. The van der Waals surface area contributed by atoms with Crippen molar-refractivity contribution in [2.45, 2.75) is 20.0 Å². The van der Waals surface area contributed by atoms with Gasteiger partial charge < -0.3 is 4.74 Å². The first-order valence-electron chi connectivity index (χ1n) is 8.35. The molecule has 3 aromatic rings.